The van der Waals surface area contributed by atoms with Gasteiger partial charge in [-0.2, -0.15) is 13.2 Å². The molecule has 0 bridgehead atoms. The van der Waals surface area contributed by atoms with Crippen LogP contribution in [0.5, 0.6) is 0 Å². The lowest BCUT2D eigenvalue weighted by molar-refractivity contribution is -0.144. The van der Waals surface area contributed by atoms with E-state index in [0.717, 1.165) is 12.8 Å². The van der Waals surface area contributed by atoms with E-state index in [9.17, 15) is 13.2 Å². The molecule has 1 aliphatic rings. The van der Waals surface area contributed by atoms with E-state index >= 15 is 0 Å². The fourth-order valence-electron chi connectivity index (χ4n) is 2.37. The molecule has 0 aromatic carbocycles. The molecular formula is C13H19F3N4O. The number of hydrogen-bond donors (Lipinski definition) is 1. The summed E-state index contributed by atoms with van der Waals surface area (Å²) >= 11 is 0. The summed E-state index contributed by atoms with van der Waals surface area (Å²) in [4.78, 5) is 8.95. The lowest BCUT2D eigenvalue weighted by Crippen LogP contribution is -2.40. The lowest BCUT2D eigenvalue weighted by Gasteiger charge is -2.33. The van der Waals surface area contributed by atoms with Crippen molar-refractivity contribution < 1.29 is 17.9 Å². The molecule has 1 atom stereocenters. The van der Waals surface area contributed by atoms with E-state index in [-0.39, 0.29) is 17.7 Å². The van der Waals surface area contributed by atoms with E-state index in [2.05, 4.69) is 15.3 Å². The topological polar surface area (TPSA) is 50.3 Å². The summed E-state index contributed by atoms with van der Waals surface area (Å²) in [6.07, 6.45) is -2.74. The standard InChI is InChI=1S/C13H19F3N4O/c1-3-21-9-5-4-6-20(8-9)11-7-10(17-2)18-12(19-11)13(14,15)16/h7,9H,3-6,8H2,1-2H3,(H,17,18,19). The number of aromatic nitrogens is 2. The molecule has 118 valence electrons. The number of anilines is 2. The number of halogens is 3. The first-order valence-electron chi connectivity index (χ1n) is 6.94. The van der Waals surface area contributed by atoms with Crippen LogP contribution in [0.3, 0.4) is 0 Å². The highest BCUT2D eigenvalue weighted by Crippen LogP contribution is 2.30. The molecule has 0 saturated carbocycles. The molecule has 1 fully saturated rings. The van der Waals surface area contributed by atoms with Gasteiger partial charge in [0.25, 0.3) is 0 Å². The summed E-state index contributed by atoms with van der Waals surface area (Å²) < 4.78 is 44.1. The Morgan fingerprint density at radius 3 is 2.81 bits per heavy atom. The predicted octanol–water partition coefficient (Wildman–Crippen LogP) is 2.54. The lowest BCUT2D eigenvalue weighted by atomic mass is 10.1. The van der Waals surface area contributed by atoms with E-state index in [1.165, 1.54) is 13.1 Å². The summed E-state index contributed by atoms with van der Waals surface area (Å²) in [6.45, 7) is 3.72. The Balaban J connectivity index is 2.25. The molecule has 0 spiro atoms. The number of alkyl halides is 3. The van der Waals surface area contributed by atoms with Crippen molar-refractivity contribution in [2.24, 2.45) is 0 Å². The molecule has 1 aliphatic heterocycles. The minimum absolute atomic E-state index is 0.0334. The van der Waals surface area contributed by atoms with Crippen LogP contribution in [0.1, 0.15) is 25.6 Å². The van der Waals surface area contributed by atoms with Gasteiger partial charge in [0.2, 0.25) is 5.82 Å². The van der Waals surface area contributed by atoms with Gasteiger partial charge in [0.1, 0.15) is 11.6 Å². The molecule has 0 amide bonds. The van der Waals surface area contributed by atoms with E-state index in [4.69, 9.17) is 4.74 Å². The molecule has 5 nitrogen and oxygen atoms in total. The van der Waals surface area contributed by atoms with Crippen LogP contribution in [0.2, 0.25) is 0 Å². The largest absolute Gasteiger partial charge is 0.451 e. The number of rotatable bonds is 4. The first kappa shape index (κ1) is 15.8. The molecule has 1 saturated heterocycles. The smallest absolute Gasteiger partial charge is 0.377 e. The van der Waals surface area contributed by atoms with Crippen LogP contribution in [0.25, 0.3) is 0 Å². The Kier molecular flexibility index (Phi) is 4.87. The van der Waals surface area contributed by atoms with Crippen molar-refractivity contribution in [1.29, 1.82) is 0 Å². The summed E-state index contributed by atoms with van der Waals surface area (Å²) in [5, 5.41) is 2.65. The quantitative estimate of drug-likeness (QED) is 0.926. The van der Waals surface area contributed by atoms with Crippen molar-refractivity contribution in [3.63, 3.8) is 0 Å². The minimum Gasteiger partial charge on any atom is -0.377 e. The zero-order valence-corrected chi connectivity index (χ0v) is 12.1. The number of nitrogens with one attached hydrogen (secondary N) is 1. The van der Waals surface area contributed by atoms with Crippen LogP contribution < -0.4 is 10.2 Å². The minimum atomic E-state index is -4.56. The zero-order chi connectivity index (χ0) is 15.5. The normalized spacial score (nSPS) is 19.7. The van der Waals surface area contributed by atoms with Gasteiger partial charge in [0.15, 0.2) is 0 Å². The molecular weight excluding hydrogens is 285 g/mol. The monoisotopic (exact) mass is 304 g/mol. The Morgan fingerprint density at radius 2 is 2.19 bits per heavy atom. The van der Waals surface area contributed by atoms with Crippen molar-refractivity contribution in [1.82, 2.24) is 9.97 Å². The van der Waals surface area contributed by atoms with Gasteiger partial charge < -0.3 is 15.0 Å². The van der Waals surface area contributed by atoms with Crippen LogP contribution in [0.4, 0.5) is 24.8 Å². The van der Waals surface area contributed by atoms with E-state index in [1.807, 2.05) is 11.8 Å². The van der Waals surface area contributed by atoms with Crippen LogP contribution in [0, 0.1) is 0 Å². The van der Waals surface area contributed by atoms with Crippen molar-refractivity contribution in [2.45, 2.75) is 32.0 Å². The van der Waals surface area contributed by atoms with Gasteiger partial charge in [-0.15, -0.1) is 0 Å². The van der Waals surface area contributed by atoms with Crippen LogP contribution in [0.15, 0.2) is 6.07 Å². The van der Waals surface area contributed by atoms with Gasteiger partial charge >= 0.3 is 6.18 Å². The Morgan fingerprint density at radius 1 is 1.43 bits per heavy atom. The Bertz CT molecular complexity index is 479. The van der Waals surface area contributed by atoms with Gasteiger partial charge in [-0.25, -0.2) is 9.97 Å². The predicted molar refractivity (Wildman–Crippen MR) is 73.4 cm³/mol. The molecule has 1 aromatic heterocycles. The van der Waals surface area contributed by atoms with E-state index < -0.39 is 12.0 Å². The van der Waals surface area contributed by atoms with E-state index in [1.54, 1.807) is 0 Å². The maximum Gasteiger partial charge on any atom is 0.451 e. The van der Waals surface area contributed by atoms with Crippen molar-refractivity contribution in [3.05, 3.63) is 11.9 Å². The third-order valence-corrected chi connectivity index (χ3v) is 3.33. The van der Waals surface area contributed by atoms with Crippen LogP contribution in [-0.4, -0.2) is 42.8 Å². The molecule has 2 heterocycles. The fraction of sp³-hybridized carbons (Fsp3) is 0.692. The number of nitrogens with zero attached hydrogens (tertiary/aromatic N) is 3. The molecule has 2 rings (SSSR count). The van der Waals surface area contributed by atoms with Crippen molar-refractivity contribution >= 4 is 11.6 Å². The summed E-state index contributed by atoms with van der Waals surface area (Å²) in [7, 11) is 1.53. The zero-order valence-electron chi connectivity index (χ0n) is 12.1. The molecule has 1 N–H and O–H groups in total. The molecule has 0 radical (unpaired) electrons. The van der Waals surface area contributed by atoms with E-state index in [0.29, 0.717) is 19.7 Å². The third kappa shape index (κ3) is 3.96. The number of hydrogen-bond acceptors (Lipinski definition) is 5. The summed E-state index contributed by atoms with van der Waals surface area (Å²) in [6, 6.07) is 1.53. The second-order valence-corrected chi connectivity index (χ2v) is 4.85. The maximum absolute atomic E-state index is 12.9. The van der Waals surface area contributed by atoms with Gasteiger partial charge in [-0.1, -0.05) is 0 Å². The average Bonchev–Trinajstić information content (AvgIpc) is 2.46. The van der Waals surface area contributed by atoms with Gasteiger partial charge in [0, 0.05) is 32.8 Å². The summed E-state index contributed by atoms with van der Waals surface area (Å²) in [5.74, 6) is -0.681. The van der Waals surface area contributed by atoms with Crippen molar-refractivity contribution in [3.8, 4) is 0 Å². The number of ether oxygens (including phenoxy) is 1. The number of piperidine rings is 1. The molecule has 1 unspecified atom stereocenters. The highest BCUT2D eigenvalue weighted by molar-refractivity contribution is 5.49. The van der Waals surface area contributed by atoms with Crippen molar-refractivity contribution in [2.75, 3.05) is 37.0 Å². The molecule has 8 heteroatoms. The van der Waals surface area contributed by atoms with Gasteiger partial charge in [0.05, 0.1) is 6.10 Å². The molecule has 0 aliphatic carbocycles. The first-order valence-corrected chi connectivity index (χ1v) is 6.94. The Hall–Kier alpha value is -1.57. The second kappa shape index (κ2) is 6.46. The molecule has 1 aromatic rings. The van der Waals surface area contributed by atoms with Gasteiger partial charge in [-0.3, -0.25) is 0 Å². The molecule has 21 heavy (non-hydrogen) atoms. The van der Waals surface area contributed by atoms with Crippen LogP contribution >= 0.6 is 0 Å². The average molecular weight is 304 g/mol. The Labute approximate surface area is 121 Å². The highest BCUT2D eigenvalue weighted by atomic mass is 19.4. The second-order valence-electron chi connectivity index (χ2n) is 4.85. The first-order chi connectivity index (χ1) is 9.94. The SMILES string of the molecule is CCOC1CCCN(c2cc(NC)nc(C(F)(F)F)n2)C1. The third-order valence-electron chi connectivity index (χ3n) is 3.33. The van der Waals surface area contributed by atoms with Crippen LogP contribution in [-0.2, 0) is 10.9 Å². The fourth-order valence-corrected chi connectivity index (χ4v) is 2.37. The summed E-state index contributed by atoms with van der Waals surface area (Å²) in [5.41, 5.74) is 0. The maximum atomic E-state index is 12.9. The highest BCUT2D eigenvalue weighted by Gasteiger charge is 2.36. The van der Waals surface area contributed by atoms with Gasteiger partial charge in [-0.05, 0) is 19.8 Å².